The monoisotopic (exact) mass is 511 g/mol. The summed E-state index contributed by atoms with van der Waals surface area (Å²) in [5.41, 5.74) is 1.88. The molecular formula is C29H41NO5Si. The lowest BCUT2D eigenvalue weighted by Crippen LogP contribution is -2.75. The van der Waals surface area contributed by atoms with Crippen LogP contribution >= 0.6 is 0 Å². The molecule has 6 rings (SSSR count). The molecule has 6 nitrogen and oxygen atoms in total. The first-order valence-electron chi connectivity index (χ1n) is 13.7. The second kappa shape index (κ2) is 7.84. The minimum absolute atomic E-state index is 0.0508. The lowest BCUT2D eigenvalue weighted by molar-refractivity contribution is -0.175. The second-order valence-electron chi connectivity index (χ2n) is 13.3. The first kappa shape index (κ1) is 24.5. The minimum Gasteiger partial charge on any atom is -0.541 e. The number of nitrogens with zero attached hydrogens (tertiary/aromatic N) is 1. The zero-order chi connectivity index (χ0) is 25.7. The first-order chi connectivity index (χ1) is 16.9. The van der Waals surface area contributed by atoms with Gasteiger partial charge in [-0.2, -0.15) is 0 Å². The van der Waals surface area contributed by atoms with E-state index in [4.69, 9.17) is 13.9 Å². The number of carbonyl (C=O) groups is 1. The van der Waals surface area contributed by atoms with Crippen molar-refractivity contribution < 1.29 is 23.8 Å². The van der Waals surface area contributed by atoms with Gasteiger partial charge in [0.25, 0.3) is 8.32 Å². The van der Waals surface area contributed by atoms with Gasteiger partial charge in [0, 0.05) is 24.2 Å². The number of rotatable bonds is 5. The molecule has 1 aromatic carbocycles. The maximum absolute atomic E-state index is 12.7. The molecule has 2 bridgehead atoms. The van der Waals surface area contributed by atoms with E-state index in [-0.39, 0.29) is 23.2 Å². The normalized spacial score (nSPS) is 34.2. The molecule has 1 saturated heterocycles. The maximum Gasteiger partial charge on any atom is 0.330 e. The van der Waals surface area contributed by atoms with Crippen molar-refractivity contribution in [2.45, 2.75) is 101 Å². The lowest BCUT2D eigenvalue weighted by Gasteiger charge is -2.63. The van der Waals surface area contributed by atoms with Crippen molar-refractivity contribution in [1.82, 2.24) is 4.90 Å². The van der Waals surface area contributed by atoms with E-state index in [1.807, 2.05) is 0 Å². The van der Waals surface area contributed by atoms with Crippen LogP contribution in [0.3, 0.4) is 0 Å². The van der Waals surface area contributed by atoms with Crippen LogP contribution in [-0.2, 0) is 21.4 Å². The topological polar surface area (TPSA) is 68.2 Å². The van der Waals surface area contributed by atoms with Gasteiger partial charge >= 0.3 is 5.97 Å². The summed E-state index contributed by atoms with van der Waals surface area (Å²) in [6.07, 6.45) is 6.76. The van der Waals surface area contributed by atoms with Gasteiger partial charge in [0.05, 0.1) is 18.1 Å². The van der Waals surface area contributed by atoms with Gasteiger partial charge in [-0.15, -0.1) is 0 Å². The third-order valence-corrected chi connectivity index (χ3v) is 14.6. The number of benzene rings is 1. The van der Waals surface area contributed by atoms with Crippen LogP contribution in [0.25, 0.3) is 0 Å². The quantitative estimate of drug-likeness (QED) is 0.350. The third kappa shape index (κ3) is 3.31. The molecule has 196 valence electrons. The number of hydrogen-bond acceptors (Lipinski definition) is 6. The van der Waals surface area contributed by atoms with Crippen LogP contribution in [0.4, 0.5) is 0 Å². The van der Waals surface area contributed by atoms with Crippen molar-refractivity contribution in [2.24, 2.45) is 5.92 Å². The molecule has 7 heteroatoms. The largest absolute Gasteiger partial charge is 0.541 e. The van der Waals surface area contributed by atoms with E-state index in [0.29, 0.717) is 12.8 Å². The number of esters is 1. The molecule has 0 aromatic heterocycles. The van der Waals surface area contributed by atoms with E-state index >= 15 is 0 Å². The molecule has 2 saturated carbocycles. The predicted molar refractivity (Wildman–Crippen MR) is 141 cm³/mol. The molecule has 0 amide bonds. The molecule has 0 radical (unpaired) electrons. The number of aliphatic hydroxyl groups is 1. The van der Waals surface area contributed by atoms with Gasteiger partial charge in [-0.3, -0.25) is 4.90 Å². The van der Waals surface area contributed by atoms with Crippen molar-refractivity contribution in [3.8, 4) is 11.5 Å². The van der Waals surface area contributed by atoms with Crippen LogP contribution in [0.5, 0.6) is 11.5 Å². The molecule has 4 atom stereocenters. The Morgan fingerprint density at radius 3 is 2.69 bits per heavy atom. The highest BCUT2D eigenvalue weighted by Gasteiger charge is 2.72. The summed E-state index contributed by atoms with van der Waals surface area (Å²) in [5, 5.41) is 12.7. The average Bonchev–Trinajstić information content (AvgIpc) is 3.54. The van der Waals surface area contributed by atoms with Gasteiger partial charge in [-0.25, -0.2) is 4.79 Å². The fourth-order valence-electron chi connectivity index (χ4n) is 7.19. The number of methoxy groups -OCH3 is 1. The van der Waals surface area contributed by atoms with Crippen LogP contribution in [0, 0.1) is 5.92 Å². The van der Waals surface area contributed by atoms with Crippen molar-refractivity contribution >= 4 is 14.3 Å². The van der Waals surface area contributed by atoms with Gasteiger partial charge in [0.15, 0.2) is 5.75 Å². The fourth-order valence-corrected chi connectivity index (χ4v) is 8.21. The van der Waals surface area contributed by atoms with E-state index < -0.39 is 19.3 Å². The molecule has 2 aliphatic heterocycles. The number of hydrogen-bond donors (Lipinski definition) is 1. The Balaban J connectivity index is 1.51. The highest BCUT2D eigenvalue weighted by Crippen LogP contribution is 2.66. The van der Waals surface area contributed by atoms with Crippen LogP contribution in [0.2, 0.25) is 18.1 Å². The van der Waals surface area contributed by atoms with E-state index in [1.165, 1.54) is 25.5 Å². The first-order valence-corrected chi connectivity index (χ1v) is 16.6. The molecule has 1 unspecified atom stereocenters. The molecule has 2 heterocycles. The lowest BCUT2D eigenvalue weighted by atomic mass is 9.48. The summed E-state index contributed by atoms with van der Waals surface area (Å²) in [4.78, 5) is 14.9. The van der Waals surface area contributed by atoms with E-state index in [9.17, 15) is 9.90 Å². The molecular weight excluding hydrogens is 470 g/mol. The zero-order valence-corrected chi connectivity index (χ0v) is 23.6. The smallest absolute Gasteiger partial charge is 0.330 e. The number of carbonyl (C=O) groups excluding carboxylic acids is 1. The Morgan fingerprint density at radius 2 is 2.03 bits per heavy atom. The van der Waals surface area contributed by atoms with Gasteiger partial charge < -0.3 is 19.0 Å². The summed E-state index contributed by atoms with van der Waals surface area (Å²) >= 11 is 0. The summed E-state index contributed by atoms with van der Waals surface area (Å²) in [6, 6.07) is 4.39. The van der Waals surface area contributed by atoms with E-state index in [0.717, 1.165) is 54.5 Å². The molecule has 3 fully saturated rings. The number of likely N-dealkylation sites (tertiary alicyclic amines) is 1. The predicted octanol–water partition coefficient (Wildman–Crippen LogP) is 4.73. The van der Waals surface area contributed by atoms with Crippen molar-refractivity contribution in [3.05, 3.63) is 34.9 Å². The van der Waals surface area contributed by atoms with Crippen LogP contribution < -0.4 is 9.16 Å². The van der Waals surface area contributed by atoms with Crippen molar-refractivity contribution in [3.63, 3.8) is 0 Å². The van der Waals surface area contributed by atoms with Crippen molar-refractivity contribution in [2.75, 3.05) is 20.2 Å². The SMILES string of the molecule is COC(=O)C=C1CC[C@@]2(O)[C@H]3Cc4ccc(O[Si](C)(C)C(C)(C)C)c5c4[C@@]2(CCN3CC2CC2)C1O5. The summed E-state index contributed by atoms with van der Waals surface area (Å²) in [5.74, 6) is 2.01. The standard InChI is InChI=1S/C29H41NO5Si/c1-27(2,3)36(5,6)35-21-10-9-19-15-22-29(32)12-11-20(16-23(31)33-4)26-28(29,24(19)25(21)34-26)13-14-30(22)17-18-7-8-18/h9-10,16,18,22,26,32H,7-8,11-15,17H2,1-6H3/t22-,26?,28+,29-/m1/s1. The Bertz CT molecular complexity index is 1140. The molecule has 1 spiro atoms. The molecule has 1 aromatic rings. The fraction of sp³-hybridized carbons (Fsp3) is 0.690. The van der Waals surface area contributed by atoms with Crippen LogP contribution in [-0.4, -0.2) is 62.2 Å². The average molecular weight is 512 g/mol. The summed E-state index contributed by atoms with van der Waals surface area (Å²) in [7, 11) is -0.703. The zero-order valence-electron chi connectivity index (χ0n) is 22.6. The molecule has 5 aliphatic rings. The Kier molecular flexibility index (Phi) is 5.33. The molecule has 36 heavy (non-hydrogen) atoms. The molecule has 3 aliphatic carbocycles. The Morgan fingerprint density at radius 1 is 1.28 bits per heavy atom. The minimum atomic E-state index is -2.12. The Hall–Kier alpha value is -1.83. The highest BCUT2D eigenvalue weighted by atomic mass is 28.4. The van der Waals surface area contributed by atoms with E-state index in [1.54, 1.807) is 6.08 Å². The van der Waals surface area contributed by atoms with Crippen molar-refractivity contribution in [1.29, 1.82) is 0 Å². The van der Waals surface area contributed by atoms with Crippen LogP contribution in [0.15, 0.2) is 23.8 Å². The Labute approximate surface area is 216 Å². The number of piperidine rings is 1. The number of ether oxygens (including phenoxy) is 2. The van der Waals surface area contributed by atoms with Gasteiger partial charge in [-0.05, 0) is 86.3 Å². The summed E-state index contributed by atoms with van der Waals surface area (Å²) < 4.78 is 18.7. The third-order valence-electron chi connectivity index (χ3n) is 10.3. The summed E-state index contributed by atoms with van der Waals surface area (Å²) in [6.45, 7) is 13.3. The second-order valence-corrected chi connectivity index (χ2v) is 18.1. The maximum atomic E-state index is 12.7. The van der Waals surface area contributed by atoms with Gasteiger partial charge in [-0.1, -0.05) is 26.8 Å². The van der Waals surface area contributed by atoms with Gasteiger partial charge in [0.1, 0.15) is 11.9 Å². The van der Waals surface area contributed by atoms with Crippen LogP contribution in [0.1, 0.15) is 64.0 Å². The molecule has 1 N–H and O–H groups in total. The highest BCUT2D eigenvalue weighted by molar-refractivity contribution is 6.74. The van der Waals surface area contributed by atoms with Gasteiger partial charge in [0.2, 0.25) is 0 Å². The van der Waals surface area contributed by atoms with E-state index in [2.05, 4.69) is 50.9 Å².